The number of allylic oxidation sites excluding steroid dienone is 2. The van der Waals surface area contributed by atoms with E-state index in [1.54, 1.807) is 26.0 Å². The zero-order valence-electron chi connectivity index (χ0n) is 23.7. The monoisotopic (exact) mass is 573 g/mol. The molecule has 0 saturated heterocycles. The average molecular weight is 574 g/mol. The molecule has 0 aliphatic carbocycles. The molecule has 1 atom stereocenters. The number of hydrogen-bond acceptors (Lipinski definition) is 10. The van der Waals surface area contributed by atoms with Crippen molar-refractivity contribution >= 4 is 34.5 Å². The minimum atomic E-state index is -1.13. The Kier molecular flexibility index (Phi) is 9.31. The van der Waals surface area contributed by atoms with E-state index in [4.69, 9.17) is 14.2 Å². The van der Waals surface area contributed by atoms with Crippen molar-refractivity contribution in [2.24, 2.45) is 5.92 Å². The quantitative estimate of drug-likeness (QED) is 0.116. The summed E-state index contributed by atoms with van der Waals surface area (Å²) in [5.74, 6) is -3.25. The molecule has 1 aromatic heterocycles. The van der Waals surface area contributed by atoms with Gasteiger partial charge in [-0.1, -0.05) is 50.2 Å². The first kappa shape index (κ1) is 29.9. The number of hydrogen-bond donors (Lipinski definition) is 1. The first-order valence-electron chi connectivity index (χ1n) is 13.4. The van der Waals surface area contributed by atoms with Gasteiger partial charge in [0.2, 0.25) is 0 Å². The highest BCUT2D eigenvalue weighted by molar-refractivity contribution is 6.00. The second kappa shape index (κ2) is 13.1. The highest BCUT2D eigenvalue weighted by Crippen LogP contribution is 2.42. The second-order valence-corrected chi connectivity index (χ2v) is 10.1. The Hall–Kier alpha value is -5.06. The normalized spacial score (nSPS) is 14.9. The van der Waals surface area contributed by atoms with Gasteiger partial charge in [0.25, 0.3) is 5.69 Å². The molecule has 1 unspecified atom stereocenters. The van der Waals surface area contributed by atoms with E-state index in [1.807, 2.05) is 38.1 Å². The summed E-state index contributed by atoms with van der Waals surface area (Å²) in [5, 5.41) is 15.7. The van der Waals surface area contributed by atoms with Crippen LogP contribution in [0.2, 0.25) is 0 Å². The van der Waals surface area contributed by atoms with E-state index >= 15 is 0 Å². The predicted molar refractivity (Wildman–Crippen MR) is 153 cm³/mol. The Morgan fingerprint density at radius 3 is 2.17 bits per heavy atom. The number of nitrogens with one attached hydrogen (secondary N) is 1. The molecule has 2 heterocycles. The zero-order valence-corrected chi connectivity index (χ0v) is 23.7. The van der Waals surface area contributed by atoms with Crippen molar-refractivity contribution in [3.63, 3.8) is 0 Å². The van der Waals surface area contributed by atoms with Gasteiger partial charge in [-0.15, -0.1) is 0 Å². The number of esters is 3. The number of carbonyl (C=O) groups excluding carboxylic acids is 3. The molecule has 2 aromatic carbocycles. The Bertz CT molecular complexity index is 1610. The number of benzene rings is 2. The van der Waals surface area contributed by atoms with Gasteiger partial charge >= 0.3 is 17.9 Å². The van der Waals surface area contributed by atoms with Crippen LogP contribution in [0.5, 0.6) is 0 Å². The number of carbonyl (C=O) groups is 3. The molecule has 3 aromatic rings. The van der Waals surface area contributed by atoms with E-state index in [0.717, 1.165) is 10.9 Å². The maximum Gasteiger partial charge on any atom is 0.339 e. The van der Waals surface area contributed by atoms with Gasteiger partial charge in [0.15, 0.2) is 0 Å². The van der Waals surface area contributed by atoms with Crippen molar-refractivity contribution in [2.75, 3.05) is 19.8 Å². The topological polar surface area (TPSA) is 147 Å². The maximum absolute atomic E-state index is 13.5. The van der Waals surface area contributed by atoms with Crippen LogP contribution in [-0.2, 0) is 23.8 Å². The largest absolute Gasteiger partial charge is 0.462 e. The fourth-order valence-electron chi connectivity index (χ4n) is 4.68. The van der Waals surface area contributed by atoms with Crippen LogP contribution in [0.4, 0.5) is 5.69 Å². The molecule has 218 valence electrons. The van der Waals surface area contributed by atoms with Crippen molar-refractivity contribution in [2.45, 2.75) is 33.6 Å². The van der Waals surface area contributed by atoms with Gasteiger partial charge in [-0.3, -0.25) is 15.1 Å². The van der Waals surface area contributed by atoms with E-state index in [9.17, 15) is 24.5 Å². The third kappa shape index (κ3) is 6.63. The Labute approximate surface area is 242 Å². The molecule has 0 saturated carbocycles. The summed E-state index contributed by atoms with van der Waals surface area (Å²) in [5.41, 5.74) is 1.70. The van der Waals surface area contributed by atoms with Crippen LogP contribution in [0.15, 0.2) is 83.3 Å². The SMILES string of the molecule is CC1=C(C(=O)OCCOC(=O)c2cnc3ccccc3c2)C(c2ccccc2[N+](=O)[O-])C(C(=O)OCC(C)C)=C(C)N1. The minimum Gasteiger partial charge on any atom is -0.462 e. The van der Waals surface area contributed by atoms with E-state index < -0.39 is 28.7 Å². The standard InChI is InChI=1S/C31H31N3O8/c1-18(2)17-42-31(37)27-20(4)33-19(3)26(28(27)23-10-6-8-12-25(23)34(38)39)30(36)41-14-13-40-29(35)22-15-21-9-5-7-11-24(21)32-16-22/h5-12,15-16,18,28,33H,13-14,17H2,1-4H3. The molecule has 0 amide bonds. The van der Waals surface area contributed by atoms with Crippen LogP contribution >= 0.6 is 0 Å². The molecule has 0 radical (unpaired) electrons. The highest BCUT2D eigenvalue weighted by Gasteiger charge is 2.41. The summed E-state index contributed by atoms with van der Waals surface area (Å²) in [7, 11) is 0. The number of para-hydroxylation sites is 2. The number of rotatable bonds is 10. The highest BCUT2D eigenvalue weighted by atomic mass is 16.6. The lowest BCUT2D eigenvalue weighted by molar-refractivity contribution is -0.385. The molecular weight excluding hydrogens is 542 g/mol. The van der Waals surface area contributed by atoms with E-state index in [0.29, 0.717) is 11.4 Å². The van der Waals surface area contributed by atoms with Crippen molar-refractivity contribution in [3.05, 3.63) is 105 Å². The Morgan fingerprint density at radius 2 is 1.50 bits per heavy atom. The molecule has 1 N–H and O–H groups in total. The molecule has 42 heavy (non-hydrogen) atoms. The number of nitro groups is 1. The van der Waals surface area contributed by atoms with Gasteiger partial charge in [0.1, 0.15) is 13.2 Å². The fraction of sp³-hybridized carbons (Fsp3) is 0.290. The van der Waals surface area contributed by atoms with Crippen molar-refractivity contribution < 1.29 is 33.5 Å². The first-order chi connectivity index (χ1) is 20.1. The number of dihydropyridines is 1. The van der Waals surface area contributed by atoms with Crippen molar-refractivity contribution in [1.82, 2.24) is 10.3 Å². The Morgan fingerprint density at radius 1 is 0.905 bits per heavy atom. The lowest BCUT2D eigenvalue weighted by Crippen LogP contribution is -2.33. The maximum atomic E-state index is 13.5. The van der Waals surface area contributed by atoms with Gasteiger partial charge in [0.05, 0.1) is 39.7 Å². The number of nitro benzene ring substituents is 1. The summed E-state index contributed by atoms with van der Waals surface area (Å²) >= 11 is 0. The van der Waals surface area contributed by atoms with Gasteiger partial charge in [-0.05, 0) is 31.9 Å². The van der Waals surface area contributed by atoms with Crippen molar-refractivity contribution in [1.29, 1.82) is 0 Å². The number of ether oxygens (including phenoxy) is 3. The van der Waals surface area contributed by atoms with Crippen LogP contribution in [0, 0.1) is 16.0 Å². The minimum absolute atomic E-state index is 0.0106. The molecule has 0 fully saturated rings. The lowest BCUT2D eigenvalue weighted by Gasteiger charge is -2.30. The number of nitrogens with zero attached hydrogens (tertiary/aromatic N) is 2. The third-order valence-corrected chi connectivity index (χ3v) is 6.57. The van der Waals surface area contributed by atoms with E-state index in [2.05, 4.69) is 10.3 Å². The number of aromatic nitrogens is 1. The summed E-state index contributed by atoms with van der Waals surface area (Å²) in [6, 6.07) is 14.9. The van der Waals surface area contributed by atoms with Gasteiger partial charge in [-0.2, -0.15) is 0 Å². The zero-order chi connectivity index (χ0) is 30.4. The third-order valence-electron chi connectivity index (χ3n) is 6.57. The molecule has 1 aliphatic rings. The molecule has 11 nitrogen and oxygen atoms in total. The van der Waals surface area contributed by atoms with Crippen LogP contribution < -0.4 is 5.32 Å². The molecule has 4 rings (SSSR count). The summed E-state index contributed by atoms with van der Waals surface area (Å²) < 4.78 is 16.2. The number of pyridine rings is 1. The molecule has 0 bridgehead atoms. The average Bonchev–Trinajstić information content (AvgIpc) is 2.97. The van der Waals surface area contributed by atoms with E-state index in [-0.39, 0.29) is 53.7 Å². The van der Waals surface area contributed by atoms with Crippen LogP contribution in [0.3, 0.4) is 0 Å². The first-order valence-corrected chi connectivity index (χ1v) is 13.4. The van der Waals surface area contributed by atoms with Gasteiger partial charge < -0.3 is 19.5 Å². The summed E-state index contributed by atoms with van der Waals surface area (Å²) in [4.78, 5) is 54.9. The van der Waals surface area contributed by atoms with Gasteiger partial charge in [-0.25, -0.2) is 14.4 Å². The smallest absolute Gasteiger partial charge is 0.339 e. The van der Waals surface area contributed by atoms with Crippen LogP contribution in [0.1, 0.15) is 49.5 Å². The molecular formula is C31H31N3O8. The van der Waals surface area contributed by atoms with Crippen LogP contribution in [-0.4, -0.2) is 47.6 Å². The van der Waals surface area contributed by atoms with Crippen LogP contribution in [0.25, 0.3) is 10.9 Å². The molecule has 0 spiro atoms. The number of fused-ring (bicyclic) bond motifs is 1. The Balaban J connectivity index is 1.54. The summed E-state index contributed by atoms with van der Waals surface area (Å²) in [6.45, 7) is 6.60. The predicted octanol–water partition coefficient (Wildman–Crippen LogP) is 4.98. The summed E-state index contributed by atoms with van der Waals surface area (Å²) in [6.07, 6.45) is 1.41. The molecule has 1 aliphatic heterocycles. The second-order valence-electron chi connectivity index (χ2n) is 10.1. The van der Waals surface area contributed by atoms with E-state index in [1.165, 1.54) is 24.4 Å². The molecule has 11 heteroatoms. The van der Waals surface area contributed by atoms with Crippen molar-refractivity contribution in [3.8, 4) is 0 Å². The van der Waals surface area contributed by atoms with Gasteiger partial charge in [0, 0.05) is 34.6 Å². The fourth-order valence-corrected chi connectivity index (χ4v) is 4.68. The lowest BCUT2D eigenvalue weighted by atomic mass is 9.79.